The molecule has 0 saturated carbocycles. The number of likely N-dealkylation sites (N-methyl/N-ethyl adjacent to an activating group) is 1. The van der Waals surface area contributed by atoms with Crippen LogP contribution in [0.15, 0.2) is 42.6 Å². The number of aryl methyl sites for hydroxylation is 1. The van der Waals surface area contributed by atoms with Crippen LogP contribution in [0.25, 0.3) is 0 Å². The summed E-state index contributed by atoms with van der Waals surface area (Å²) >= 11 is 0. The van der Waals surface area contributed by atoms with E-state index in [0.717, 1.165) is 6.54 Å². The van der Waals surface area contributed by atoms with Gasteiger partial charge >= 0.3 is 0 Å². The Kier molecular flexibility index (Phi) is 4.93. The Morgan fingerprint density at radius 3 is 2.45 bits per heavy atom. The number of aromatic nitrogens is 2. The molecule has 20 heavy (non-hydrogen) atoms. The summed E-state index contributed by atoms with van der Waals surface area (Å²) in [6, 6.07) is 13.3. The van der Waals surface area contributed by atoms with Gasteiger partial charge in [-0.15, -0.1) is 0 Å². The van der Waals surface area contributed by atoms with Gasteiger partial charge in [0.2, 0.25) is 0 Å². The van der Waals surface area contributed by atoms with Crippen LogP contribution in [-0.2, 0) is 7.05 Å². The number of benzene rings is 1. The van der Waals surface area contributed by atoms with E-state index in [1.807, 2.05) is 17.9 Å². The third kappa shape index (κ3) is 3.46. The Balaban J connectivity index is 2.02. The summed E-state index contributed by atoms with van der Waals surface area (Å²) in [7, 11) is 6.22. The Hall–Kier alpha value is -1.65. The largest absolute Gasteiger partial charge is 0.307 e. The van der Waals surface area contributed by atoms with Crippen LogP contribution in [0.2, 0.25) is 0 Å². The minimum absolute atomic E-state index is 0.286. The monoisotopic (exact) mass is 272 g/mol. The van der Waals surface area contributed by atoms with E-state index in [-0.39, 0.29) is 6.04 Å². The Morgan fingerprint density at radius 2 is 1.90 bits per heavy atom. The van der Waals surface area contributed by atoms with Crippen molar-refractivity contribution in [2.75, 3.05) is 20.6 Å². The van der Waals surface area contributed by atoms with E-state index >= 15 is 0 Å². The summed E-state index contributed by atoms with van der Waals surface area (Å²) < 4.78 is 1.92. The maximum Gasteiger partial charge on any atom is 0.0547 e. The molecule has 0 fully saturated rings. The van der Waals surface area contributed by atoms with Gasteiger partial charge in [-0.25, -0.2) is 0 Å². The lowest BCUT2D eigenvalue weighted by molar-refractivity contribution is 0.280. The molecule has 2 aromatic rings. The maximum absolute atomic E-state index is 4.22. The van der Waals surface area contributed by atoms with Gasteiger partial charge in [-0.05, 0) is 32.6 Å². The second kappa shape index (κ2) is 6.68. The van der Waals surface area contributed by atoms with Crippen molar-refractivity contribution < 1.29 is 0 Å². The average Bonchev–Trinajstić information content (AvgIpc) is 2.86. The molecule has 0 spiro atoms. The van der Waals surface area contributed by atoms with Crippen LogP contribution in [0.3, 0.4) is 0 Å². The van der Waals surface area contributed by atoms with Crippen molar-refractivity contribution in [1.82, 2.24) is 20.0 Å². The van der Waals surface area contributed by atoms with Gasteiger partial charge in [0.15, 0.2) is 0 Å². The van der Waals surface area contributed by atoms with Crippen LogP contribution in [0.1, 0.15) is 30.3 Å². The highest BCUT2D eigenvalue weighted by atomic mass is 15.3. The quantitative estimate of drug-likeness (QED) is 0.876. The zero-order valence-corrected chi connectivity index (χ0v) is 12.7. The van der Waals surface area contributed by atoms with Gasteiger partial charge in [-0.2, -0.15) is 5.10 Å². The van der Waals surface area contributed by atoms with Gasteiger partial charge in [0, 0.05) is 31.9 Å². The molecule has 0 amide bonds. The van der Waals surface area contributed by atoms with E-state index in [2.05, 4.69) is 72.7 Å². The summed E-state index contributed by atoms with van der Waals surface area (Å²) in [5, 5.41) is 7.83. The Morgan fingerprint density at radius 1 is 1.20 bits per heavy atom. The molecule has 1 aromatic heterocycles. The van der Waals surface area contributed by atoms with E-state index in [0.29, 0.717) is 6.04 Å². The molecule has 0 aliphatic rings. The third-order valence-corrected chi connectivity index (χ3v) is 3.73. The highest BCUT2D eigenvalue weighted by Gasteiger charge is 2.16. The molecule has 0 bridgehead atoms. The lowest BCUT2D eigenvalue weighted by Gasteiger charge is -2.27. The smallest absolute Gasteiger partial charge is 0.0547 e. The van der Waals surface area contributed by atoms with E-state index in [1.54, 1.807) is 0 Å². The number of hydrogen-bond donors (Lipinski definition) is 1. The van der Waals surface area contributed by atoms with Crippen LogP contribution in [0.4, 0.5) is 0 Å². The lowest BCUT2D eigenvalue weighted by atomic mass is 10.1. The van der Waals surface area contributed by atoms with E-state index in [1.165, 1.54) is 11.3 Å². The number of nitrogens with zero attached hydrogens (tertiary/aromatic N) is 3. The van der Waals surface area contributed by atoms with Crippen molar-refractivity contribution in [3.05, 3.63) is 53.9 Å². The SMILES string of the molecule is CC(NCC(c1ccccc1)N(C)C)c1ccnn1C. The van der Waals surface area contributed by atoms with E-state index in [9.17, 15) is 0 Å². The van der Waals surface area contributed by atoms with Crippen molar-refractivity contribution >= 4 is 0 Å². The lowest BCUT2D eigenvalue weighted by Crippen LogP contribution is -2.33. The highest BCUT2D eigenvalue weighted by Crippen LogP contribution is 2.18. The van der Waals surface area contributed by atoms with Gasteiger partial charge in [-0.3, -0.25) is 4.68 Å². The molecule has 0 saturated heterocycles. The second-order valence-corrected chi connectivity index (χ2v) is 5.40. The molecule has 1 N–H and O–H groups in total. The maximum atomic E-state index is 4.22. The first-order chi connectivity index (χ1) is 9.59. The molecule has 0 aliphatic heterocycles. The molecule has 4 nitrogen and oxygen atoms in total. The fourth-order valence-corrected chi connectivity index (χ4v) is 2.48. The van der Waals surface area contributed by atoms with Crippen LogP contribution < -0.4 is 5.32 Å². The van der Waals surface area contributed by atoms with Gasteiger partial charge in [0.1, 0.15) is 0 Å². The van der Waals surface area contributed by atoms with Gasteiger partial charge in [-0.1, -0.05) is 30.3 Å². The molecule has 108 valence electrons. The molecule has 0 radical (unpaired) electrons. The highest BCUT2D eigenvalue weighted by molar-refractivity contribution is 5.19. The zero-order valence-electron chi connectivity index (χ0n) is 12.7. The molecule has 2 atom stereocenters. The summed E-state index contributed by atoms with van der Waals surface area (Å²) in [5.41, 5.74) is 2.54. The molecule has 2 unspecified atom stereocenters. The van der Waals surface area contributed by atoms with E-state index in [4.69, 9.17) is 0 Å². The second-order valence-electron chi connectivity index (χ2n) is 5.40. The average molecular weight is 272 g/mol. The first kappa shape index (κ1) is 14.8. The molecule has 1 heterocycles. The van der Waals surface area contributed by atoms with E-state index < -0.39 is 0 Å². The van der Waals surface area contributed by atoms with Crippen LogP contribution in [0, 0.1) is 0 Å². The first-order valence-electron chi connectivity index (χ1n) is 7.02. The van der Waals surface area contributed by atoms with Gasteiger partial charge in [0.05, 0.1) is 5.69 Å². The molecule has 0 aliphatic carbocycles. The van der Waals surface area contributed by atoms with Crippen molar-refractivity contribution in [2.24, 2.45) is 7.05 Å². The molecular formula is C16H24N4. The predicted molar refractivity (Wildman–Crippen MR) is 82.5 cm³/mol. The van der Waals surface area contributed by atoms with Crippen LogP contribution in [0.5, 0.6) is 0 Å². The Labute approximate surface area is 121 Å². The van der Waals surface area contributed by atoms with Crippen molar-refractivity contribution in [3.8, 4) is 0 Å². The fraction of sp³-hybridized carbons (Fsp3) is 0.438. The van der Waals surface area contributed by atoms with Crippen LogP contribution >= 0.6 is 0 Å². The summed E-state index contributed by atoms with van der Waals surface area (Å²) in [5.74, 6) is 0. The molecule has 2 rings (SSSR count). The number of hydrogen-bond acceptors (Lipinski definition) is 3. The topological polar surface area (TPSA) is 33.1 Å². The zero-order chi connectivity index (χ0) is 14.5. The van der Waals surface area contributed by atoms with Gasteiger partial charge < -0.3 is 10.2 Å². The molecular weight excluding hydrogens is 248 g/mol. The first-order valence-corrected chi connectivity index (χ1v) is 7.02. The normalized spacial score (nSPS) is 14.4. The predicted octanol–water partition coefficient (Wildman–Crippen LogP) is 2.37. The van der Waals surface area contributed by atoms with Crippen molar-refractivity contribution in [3.63, 3.8) is 0 Å². The minimum Gasteiger partial charge on any atom is -0.307 e. The third-order valence-electron chi connectivity index (χ3n) is 3.73. The molecule has 4 heteroatoms. The molecule has 1 aromatic carbocycles. The van der Waals surface area contributed by atoms with Crippen molar-refractivity contribution in [2.45, 2.75) is 19.0 Å². The standard InChI is InChI=1S/C16H24N4/c1-13(15-10-11-18-20(15)4)17-12-16(19(2)3)14-8-6-5-7-9-14/h5-11,13,16-17H,12H2,1-4H3. The number of nitrogens with one attached hydrogen (secondary N) is 1. The fourth-order valence-electron chi connectivity index (χ4n) is 2.48. The summed E-state index contributed by atoms with van der Waals surface area (Å²) in [6.45, 7) is 3.08. The summed E-state index contributed by atoms with van der Waals surface area (Å²) in [6.07, 6.45) is 1.84. The van der Waals surface area contributed by atoms with Crippen molar-refractivity contribution in [1.29, 1.82) is 0 Å². The Bertz CT molecular complexity index is 518. The number of rotatable bonds is 6. The minimum atomic E-state index is 0.286. The van der Waals surface area contributed by atoms with Gasteiger partial charge in [0.25, 0.3) is 0 Å². The summed E-state index contributed by atoms with van der Waals surface area (Å²) in [4.78, 5) is 2.25. The van der Waals surface area contributed by atoms with Crippen LogP contribution in [-0.4, -0.2) is 35.3 Å².